The van der Waals surface area contributed by atoms with Gasteiger partial charge in [-0.3, -0.25) is 4.79 Å². The zero-order valence-corrected chi connectivity index (χ0v) is 8.69. The summed E-state index contributed by atoms with van der Waals surface area (Å²) < 4.78 is 0. The Hall–Kier alpha value is -0.870. The van der Waals surface area contributed by atoms with Gasteiger partial charge in [0.05, 0.1) is 12.6 Å². The summed E-state index contributed by atoms with van der Waals surface area (Å²) in [5.41, 5.74) is 2.98. The molecule has 2 atom stereocenters. The molecule has 1 N–H and O–H groups in total. The molecule has 2 aliphatic heterocycles. The number of nitrogens with one attached hydrogen (secondary N) is 1. The summed E-state index contributed by atoms with van der Waals surface area (Å²) in [5.74, 6) is 1.05. The van der Waals surface area contributed by atoms with Crippen LogP contribution in [0.15, 0.2) is 12.2 Å². The van der Waals surface area contributed by atoms with E-state index < -0.39 is 0 Å². The number of hydrogen-bond acceptors (Lipinski definition) is 3. The molecule has 3 aliphatic rings. The Labute approximate surface area is 89.2 Å². The van der Waals surface area contributed by atoms with Gasteiger partial charge < -0.3 is 9.74 Å². The molecule has 82 valence electrons. The van der Waals surface area contributed by atoms with Crippen molar-refractivity contribution in [3.63, 3.8) is 0 Å². The Kier molecular flexibility index (Phi) is 2.25. The lowest BCUT2D eigenvalue weighted by atomic mass is 10.1. The van der Waals surface area contributed by atoms with Gasteiger partial charge in [-0.1, -0.05) is 12.2 Å². The maximum atomic E-state index is 12.1. The van der Waals surface area contributed by atoms with Crippen LogP contribution in [-0.4, -0.2) is 36.5 Å². The Balaban J connectivity index is 1.62. The van der Waals surface area contributed by atoms with Crippen LogP contribution in [0.2, 0.25) is 0 Å². The summed E-state index contributed by atoms with van der Waals surface area (Å²) in [6.45, 7) is 2.43. The summed E-state index contributed by atoms with van der Waals surface area (Å²) >= 11 is 0. The van der Waals surface area contributed by atoms with Crippen molar-refractivity contribution < 1.29 is 9.63 Å². The van der Waals surface area contributed by atoms with Gasteiger partial charge in [0.25, 0.3) is 0 Å². The van der Waals surface area contributed by atoms with Gasteiger partial charge in [0.2, 0.25) is 5.91 Å². The number of carbonyl (C=O) groups excluding carboxylic acids is 1. The number of fused-ring (bicyclic) bond motifs is 1. The van der Waals surface area contributed by atoms with Crippen LogP contribution >= 0.6 is 0 Å². The van der Waals surface area contributed by atoms with Gasteiger partial charge >= 0.3 is 0 Å². The van der Waals surface area contributed by atoms with Gasteiger partial charge in [-0.2, -0.15) is 5.48 Å². The predicted molar refractivity (Wildman–Crippen MR) is 54.8 cm³/mol. The zero-order valence-electron chi connectivity index (χ0n) is 8.69. The minimum Gasteiger partial charge on any atom is -0.340 e. The lowest BCUT2D eigenvalue weighted by molar-refractivity contribution is -0.134. The molecule has 0 unspecified atom stereocenters. The second kappa shape index (κ2) is 3.61. The first kappa shape index (κ1) is 9.36. The third-order valence-electron chi connectivity index (χ3n) is 3.64. The summed E-state index contributed by atoms with van der Waals surface area (Å²) in [5, 5.41) is 0. The fourth-order valence-electron chi connectivity index (χ4n) is 2.69. The molecule has 0 aromatic heterocycles. The average Bonchev–Trinajstić information content (AvgIpc) is 2.92. The monoisotopic (exact) mass is 208 g/mol. The third-order valence-corrected chi connectivity index (χ3v) is 3.64. The van der Waals surface area contributed by atoms with Crippen molar-refractivity contribution in [2.24, 2.45) is 11.8 Å². The minimum atomic E-state index is 0.213. The SMILES string of the molecule is O=C(C1CC=CC1)N1C[C@H]2CON[C@@H]2C1. The molecule has 0 spiro atoms. The first-order chi connectivity index (χ1) is 7.34. The first-order valence-corrected chi connectivity index (χ1v) is 5.65. The average molecular weight is 208 g/mol. The van der Waals surface area contributed by atoms with Crippen LogP contribution in [0, 0.1) is 11.8 Å². The van der Waals surface area contributed by atoms with Gasteiger partial charge in [0.15, 0.2) is 0 Å². The van der Waals surface area contributed by atoms with Crippen LogP contribution in [-0.2, 0) is 9.63 Å². The summed E-state index contributed by atoms with van der Waals surface area (Å²) in [7, 11) is 0. The second-order valence-electron chi connectivity index (χ2n) is 4.68. The largest absolute Gasteiger partial charge is 0.340 e. The number of rotatable bonds is 1. The van der Waals surface area contributed by atoms with E-state index in [0.717, 1.165) is 32.5 Å². The molecule has 4 nitrogen and oxygen atoms in total. The van der Waals surface area contributed by atoms with Crippen LogP contribution in [0.25, 0.3) is 0 Å². The molecule has 0 saturated carbocycles. The summed E-state index contributed by atoms with van der Waals surface area (Å²) in [6, 6.07) is 0.364. The molecule has 0 radical (unpaired) electrons. The van der Waals surface area contributed by atoms with Gasteiger partial charge in [-0.05, 0) is 12.8 Å². The smallest absolute Gasteiger partial charge is 0.226 e. The van der Waals surface area contributed by atoms with Crippen LogP contribution in [0.5, 0.6) is 0 Å². The lowest BCUT2D eigenvalue weighted by Crippen LogP contribution is -2.36. The molecule has 0 aromatic carbocycles. The predicted octanol–water partition coefficient (Wildman–Crippen LogP) is 0.314. The number of carbonyl (C=O) groups is 1. The number of hydroxylamine groups is 1. The van der Waals surface area contributed by atoms with Crippen molar-refractivity contribution in [1.29, 1.82) is 0 Å². The van der Waals surface area contributed by atoms with Crippen LogP contribution in [0.1, 0.15) is 12.8 Å². The molecular weight excluding hydrogens is 192 g/mol. The zero-order chi connectivity index (χ0) is 10.3. The molecule has 15 heavy (non-hydrogen) atoms. The van der Waals surface area contributed by atoms with Crippen molar-refractivity contribution in [2.45, 2.75) is 18.9 Å². The Morgan fingerprint density at radius 3 is 2.87 bits per heavy atom. The van der Waals surface area contributed by atoms with Gasteiger partial charge in [-0.15, -0.1) is 0 Å². The van der Waals surface area contributed by atoms with Crippen molar-refractivity contribution in [3.8, 4) is 0 Å². The van der Waals surface area contributed by atoms with E-state index in [0.29, 0.717) is 17.9 Å². The second-order valence-corrected chi connectivity index (χ2v) is 4.68. The highest BCUT2D eigenvalue weighted by Crippen LogP contribution is 2.26. The summed E-state index contributed by atoms with van der Waals surface area (Å²) in [6.07, 6.45) is 6.07. The quantitative estimate of drug-likeness (QED) is 0.631. The first-order valence-electron chi connectivity index (χ1n) is 5.65. The fraction of sp³-hybridized carbons (Fsp3) is 0.727. The standard InChI is InChI=1S/C11H16N2O2/c14-11(8-3-1-2-4-8)13-5-9-7-15-12-10(9)6-13/h1-2,8-10,12H,3-7H2/t9-,10+/m0/s1. The number of nitrogens with zero attached hydrogens (tertiary/aromatic N) is 1. The summed E-state index contributed by atoms with van der Waals surface area (Å²) in [4.78, 5) is 19.3. The molecule has 2 fully saturated rings. The van der Waals surface area contributed by atoms with Crippen molar-refractivity contribution in [1.82, 2.24) is 10.4 Å². The molecule has 2 heterocycles. The number of hydrogen-bond donors (Lipinski definition) is 1. The lowest BCUT2D eigenvalue weighted by Gasteiger charge is -2.21. The number of amides is 1. The molecule has 2 saturated heterocycles. The van der Waals surface area contributed by atoms with Gasteiger partial charge in [0.1, 0.15) is 0 Å². The van der Waals surface area contributed by atoms with E-state index in [9.17, 15) is 4.79 Å². The minimum absolute atomic E-state index is 0.213. The van der Waals surface area contributed by atoms with Crippen molar-refractivity contribution in [3.05, 3.63) is 12.2 Å². The maximum absolute atomic E-state index is 12.1. The fourth-order valence-corrected chi connectivity index (χ4v) is 2.69. The molecular formula is C11H16N2O2. The van der Waals surface area contributed by atoms with E-state index in [-0.39, 0.29) is 5.92 Å². The van der Waals surface area contributed by atoms with Crippen LogP contribution in [0.3, 0.4) is 0 Å². The molecule has 0 aromatic rings. The molecule has 1 aliphatic carbocycles. The van der Waals surface area contributed by atoms with E-state index in [1.54, 1.807) is 0 Å². The maximum Gasteiger partial charge on any atom is 0.226 e. The molecule has 3 rings (SSSR count). The van der Waals surface area contributed by atoms with E-state index in [1.807, 2.05) is 4.90 Å². The highest BCUT2D eigenvalue weighted by atomic mass is 16.7. The topological polar surface area (TPSA) is 41.6 Å². The highest BCUT2D eigenvalue weighted by Gasteiger charge is 2.40. The normalized spacial score (nSPS) is 35.1. The molecule has 4 heteroatoms. The van der Waals surface area contributed by atoms with Crippen LogP contribution < -0.4 is 5.48 Å². The van der Waals surface area contributed by atoms with Gasteiger partial charge in [0, 0.05) is 24.9 Å². The third kappa shape index (κ3) is 1.58. The van der Waals surface area contributed by atoms with Crippen LogP contribution in [0.4, 0.5) is 0 Å². The van der Waals surface area contributed by atoms with E-state index in [4.69, 9.17) is 4.84 Å². The Morgan fingerprint density at radius 1 is 1.33 bits per heavy atom. The van der Waals surface area contributed by atoms with E-state index in [2.05, 4.69) is 17.6 Å². The molecule has 0 bridgehead atoms. The Morgan fingerprint density at radius 2 is 2.13 bits per heavy atom. The number of likely N-dealkylation sites (tertiary alicyclic amines) is 1. The van der Waals surface area contributed by atoms with Crippen molar-refractivity contribution >= 4 is 5.91 Å². The van der Waals surface area contributed by atoms with Crippen molar-refractivity contribution in [2.75, 3.05) is 19.7 Å². The highest BCUT2D eigenvalue weighted by molar-refractivity contribution is 5.80. The number of allylic oxidation sites excluding steroid dienone is 2. The van der Waals surface area contributed by atoms with E-state index >= 15 is 0 Å². The van der Waals surface area contributed by atoms with Gasteiger partial charge in [-0.25, -0.2) is 0 Å². The molecule has 1 amide bonds. The Bertz CT molecular complexity index is 283. The van der Waals surface area contributed by atoms with E-state index in [1.165, 1.54) is 0 Å².